The molecule has 11 rings (SSSR count). The van der Waals surface area contributed by atoms with E-state index in [9.17, 15) is 10.2 Å². The Morgan fingerprint density at radius 2 is 1.49 bits per heavy atom. The fraction of sp³-hybridized carbons (Fsp3) is 0.375. The van der Waals surface area contributed by atoms with Gasteiger partial charge in [-0.15, -0.1) is 0 Å². The molecule has 0 bridgehead atoms. The van der Waals surface area contributed by atoms with Crippen molar-refractivity contribution in [2.45, 2.75) is 80.3 Å². The van der Waals surface area contributed by atoms with E-state index >= 15 is 14.4 Å². The molecule has 354 valence electrons. The fourth-order valence-corrected chi connectivity index (χ4v) is 11.8. The van der Waals surface area contributed by atoms with Gasteiger partial charge in [0.1, 0.15) is 35.5 Å². The molecule has 13 nitrogen and oxygen atoms in total. The van der Waals surface area contributed by atoms with Crippen LogP contribution in [0.2, 0.25) is 0 Å². The summed E-state index contributed by atoms with van der Waals surface area (Å²) < 4.78 is 23.9. The largest absolute Gasteiger partial charge is 0.491 e. The van der Waals surface area contributed by atoms with E-state index in [4.69, 9.17) is 18.9 Å². The standard InChI is InChI=1S/C56H56N4O9/c61-30-31-66-42-17-11-16-41(34-42)51-56(43-32-37(18-20-44(43)57-54(56)64)22-25-55(65)23-9-1-2-10-24-55)47(52(62)59-28-26-58(27-29-59)35-38-19-21-45-46(33-38)68-36-67-45)49-53(63)69-50(40-14-7-4-8-15-40)48(60(49)51)39-12-5-3-6-13-39/h3-8,11-21,32-34,47-51,61,65H,1-2,9-10,23-24,26-31,35-36H2,(H,57,64)/t47-,48-,49-,50+,51+,56-/m1/s1. The molecule has 0 unspecified atom stereocenters. The maximum Gasteiger partial charge on any atom is 0.324 e. The van der Waals surface area contributed by atoms with Crippen LogP contribution >= 0.6 is 0 Å². The lowest BCUT2D eigenvalue weighted by molar-refractivity contribution is -0.179. The second-order valence-corrected chi connectivity index (χ2v) is 19.1. The lowest BCUT2D eigenvalue weighted by Crippen LogP contribution is -2.58. The molecule has 6 atom stereocenters. The van der Waals surface area contributed by atoms with Crippen molar-refractivity contribution in [3.8, 4) is 29.1 Å². The third-order valence-electron chi connectivity index (χ3n) is 15.0. The van der Waals surface area contributed by atoms with Crippen molar-refractivity contribution >= 4 is 23.5 Å². The molecule has 0 aromatic heterocycles. The van der Waals surface area contributed by atoms with E-state index in [0.29, 0.717) is 79.4 Å². The molecule has 0 radical (unpaired) electrons. The molecule has 5 aromatic rings. The Kier molecular flexibility index (Phi) is 12.1. The number of cyclic esters (lactones) is 1. The number of carbonyl (C=O) groups is 3. The van der Waals surface area contributed by atoms with Gasteiger partial charge >= 0.3 is 5.97 Å². The first-order valence-electron chi connectivity index (χ1n) is 24.3. The van der Waals surface area contributed by atoms with Gasteiger partial charge in [-0.1, -0.05) is 104 Å². The first kappa shape index (κ1) is 44.8. The third-order valence-corrected chi connectivity index (χ3v) is 15.0. The highest BCUT2D eigenvalue weighted by Gasteiger charge is 2.74. The number of fused-ring (bicyclic) bond motifs is 4. The number of aliphatic hydroxyl groups is 2. The number of esters is 1. The van der Waals surface area contributed by atoms with Gasteiger partial charge in [0.05, 0.1) is 24.6 Å². The van der Waals surface area contributed by atoms with Crippen LogP contribution in [0.3, 0.4) is 0 Å². The molecule has 1 spiro atoms. The van der Waals surface area contributed by atoms with Crippen LogP contribution in [-0.2, 0) is 31.1 Å². The van der Waals surface area contributed by atoms with Gasteiger partial charge in [0.15, 0.2) is 11.5 Å². The van der Waals surface area contributed by atoms with Crippen molar-refractivity contribution in [2.24, 2.45) is 5.92 Å². The summed E-state index contributed by atoms with van der Waals surface area (Å²) in [6.07, 6.45) is 4.20. The van der Waals surface area contributed by atoms with E-state index in [-0.39, 0.29) is 25.9 Å². The van der Waals surface area contributed by atoms with E-state index < -0.39 is 53.0 Å². The average Bonchev–Trinajstić information content (AvgIpc) is 4.01. The Morgan fingerprint density at radius 3 is 2.25 bits per heavy atom. The molecule has 13 heteroatoms. The van der Waals surface area contributed by atoms with Crippen molar-refractivity contribution in [1.82, 2.24) is 14.7 Å². The Labute approximate surface area is 401 Å². The topological polar surface area (TPSA) is 150 Å². The first-order chi connectivity index (χ1) is 33.7. The van der Waals surface area contributed by atoms with Gasteiger partial charge < -0.3 is 39.4 Å². The normalized spacial score (nSPS) is 26.0. The summed E-state index contributed by atoms with van der Waals surface area (Å²) in [5.41, 5.74) is 2.11. The number of hydrogen-bond donors (Lipinski definition) is 3. The van der Waals surface area contributed by atoms with Crippen molar-refractivity contribution in [1.29, 1.82) is 0 Å². The number of amides is 2. The summed E-state index contributed by atoms with van der Waals surface area (Å²) >= 11 is 0. The van der Waals surface area contributed by atoms with E-state index in [1.807, 2.05) is 120 Å². The van der Waals surface area contributed by atoms with Gasteiger partial charge in [0.25, 0.3) is 0 Å². The van der Waals surface area contributed by atoms with E-state index in [1.165, 1.54) is 0 Å². The molecular weight excluding hydrogens is 873 g/mol. The molecule has 5 aliphatic heterocycles. The minimum Gasteiger partial charge on any atom is -0.491 e. The smallest absolute Gasteiger partial charge is 0.324 e. The minimum atomic E-state index is -1.72. The van der Waals surface area contributed by atoms with E-state index in [0.717, 1.165) is 48.1 Å². The molecular formula is C56H56N4O9. The fourth-order valence-electron chi connectivity index (χ4n) is 11.8. The number of morpholine rings is 1. The van der Waals surface area contributed by atoms with Crippen LogP contribution in [0.25, 0.3) is 0 Å². The monoisotopic (exact) mass is 928 g/mol. The second-order valence-electron chi connectivity index (χ2n) is 19.1. The van der Waals surface area contributed by atoms with Gasteiger partial charge in [-0.25, -0.2) is 0 Å². The van der Waals surface area contributed by atoms with Crippen LogP contribution in [0, 0.1) is 17.8 Å². The Morgan fingerprint density at radius 1 is 0.768 bits per heavy atom. The van der Waals surface area contributed by atoms with Gasteiger partial charge in [0.2, 0.25) is 18.6 Å². The molecule has 6 aliphatic rings. The number of anilines is 1. The van der Waals surface area contributed by atoms with Crippen molar-refractivity contribution < 1.29 is 43.5 Å². The SMILES string of the molecule is O=C1O[C@@H](c2ccccc2)[C@@H](c2ccccc2)N2[C@@H](c3cccc(OCCO)c3)[C@]3(C(=O)Nc4ccc(C#CC5(O)CCCCCC5)cc43)[C@@H](C(=O)N3CCN(Cc4ccc5c(c4)OCO5)CC3)[C@H]12. The molecule has 1 aliphatic carbocycles. The predicted octanol–water partition coefficient (Wildman–Crippen LogP) is 6.84. The maximum atomic E-state index is 16.1. The molecule has 3 N–H and O–H groups in total. The van der Waals surface area contributed by atoms with Crippen LogP contribution in [0.1, 0.15) is 90.1 Å². The average molecular weight is 929 g/mol. The number of hydrogen-bond acceptors (Lipinski definition) is 11. The van der Waals surface area contributed by atoms with Crippen molar-refractivity contribution in [3.63, 3.8) is 0 Å². The van der Waals surface area contributed by atoms with E-state index in [1.54, 1.807) is 6.07 Å². The number of benzene rings is 5. The lowest BCUT2D eigenvalue weighted by Gasteiger charge is -2.46. The summed E-state index contributed by atoms with van der Waals surface area (Å²) in [6, 6.07) is 35.5. The molecule has 2 amide bonds. The number of aliphatic hydroxyl groups excluding tert-OH is 1. The zero-order valence-corrected chi connectivity index (χ0v) is 38.4. The van der Waals surface area contributed by atoms with Crippen molar-refractivity contribution in [2.75, 3.05) is 51.5 Å². The Hall–Kier alpha value is -6.69. The molecule has 3 saturated heterocycles. The Bertz CT molecular complexity index is 2800. The van der Waals surface area contributed by atoms with Crippen LogP contribution < -0.4 is 19.5 Å². The van der Waals surface area contributed by atoms with Gasteiger partial charge in [-0.05, 0) is 96.0 Å². The van der Waals surface area contributed by atoms with Crippen LogP contribution in [0.5, 0.6) is 17.2 Å². The van der Waals surface area contributed by atoms with Gasteiger partial charge in [0, 0.05) is 44.0 Å². The molecule has 1 saturated carbocycles. The highest BCUT2D eigenvalue weighted by atomic mass is 16.7. The third kappa shape index (κ3) is 8.19. The minimum absolute atomic E-state index is 0.0418. The molecule has 5 aromatic carbocycles. The Balaban J connectivity index is 1.08. The van der Waals surface area contributed by atoms with Gasteiger partial charge in [-0.2, -0.15) is 0 Å². The van der Waals surface area contributed by atoms with Crippen LogP contribution in [0.4, 0.5) is 5.69 Å². The number of rotatable bonds is 9. The quantitative estimate of drug-likeness (QED) is 0.0811. The highest BCUT2D eigenvalue weighted by Crippen LogP contribution is 2.65. The number of ether oxygens (including phenoxy) is 4. The van der Waals surface area contributed by atoms with Crippen LogP contribution in [0.15, 0.2) is 121 Å². The van der Waals surface area contributed by atoms with Gasteiger partial charge in [-0.3, -0.25) is 24.2 Å². The maximum absolute atomic E-state index is 16.1. The second kappa shape index (κ2) is 18.7. The summed E-state index contributed by atoms with van der Waals surface area (Å²) in [6.45, 7) is 2.50. The molecule has 4 fully saturated rings. The summed E-state index contributed by atoms with van der Waals surface area (Å²) in [5.74, 6) is 5.81. The first-order valence-corrected chi connectivity index (χ1v) is 24.3. The molecule has 69 heavy (non-hydrogen) atoms. The lowest BCUT2D eigenvalue weighted by atomic mass is 9.65. The number of nitrogens with zero attached hydrogens (tertiary/aromatic N) is 3. The highest BCUT2D eigenvalue weighted by molar-refractivity contribution is 6.12. The van der Waals surface area contributed by atoms with Crippen LogP contribution in [-0.4, -0.2) is 101 Å². The zero-order valence-electron chi connectivity index (χ0n) is 38.4. The summed E-state index contributed by atoms with van der Waals surface area (Å²) in [7, 11) is 0. The number of nitrogens with one attached hydrogen (secondary N) is 1. The summed E-state index contributed by atoms with van der Waals surface area (Å²) in [4.78, 5) is 53.6. The predicted molar refractivity (Wildman–Crippen MR) is 256 cm³/mol. The number of piperazine rings is 1. The summed E-state index contributed by atoms with van der Waals surface area (Å²) in [5, 5.41) is 24.7. The zero-order chi connectivity index (χ0) is 47.1. The van der Waals surface area contributed by atoms with E-state index in [2.05, 4.69) is 27.0 Å². The molecule has 5 heterocycles. The number of carbonyl (C=O) groups excluding carboxylic acids is 3. The van der Waals surface area contributed by atoms with Crippen molar-refractivity contribution in [3.05, 3.63) is 155 Å².